The Morgan fingerprint density at radius 2 is 1.80 bits per heavy atom. The maximum Gasteiger partial charge on any atom is 0.326 e. The summed E-state index contributed by atoms with van der Waals surface area (Å²) in [4.78, 5) is 60.5. The van der Waals surface area contributed by atoms with Crippen LogP contribution >= 0.6 is 0 Å². The molecule has 0 aliphatic carbocycles. The zero-order chi connectivity index (χ0) is 22.8. The van der Waals surface area contributed by atoms with Crippen LogP contribution in [0.15, 0.2) is 0 Å². The molecule has 30 heavy (non-hydrogen) atoms. The van der Waals surface area contributed by atoms with Gasteiger partial charge in [0.2, 0.25) is 17.7 Å². The average Bonchev–Trinajstić information content (AvgIpc) is 3.16. The third-order valence-corrected chi connectivity index (χ3v) is 4.87. The van der Waals surface area contributed by atoms with Gasteiger partial charge in [-0.1, -0.05) is 6.42 Å². The third-order valence-electron chi connectivity index (χ3n) is 4.87. The lowest BCUT2D eigenvalue weighted by molar-refractivity contribution is -0.147. The number of nitrogens with two attached hydrogens (primary N) is 2. The topological polar surface area (TPSA) is 205 Å². The summed E-state index contributed by atoms with van der Waals surface area (Å²) in [6, 6.07) is -4.25. The fraction of sp³-hybridized carbons (Fsp3) is 0.722. The fourth-order valence-electron chi connectivity index (χ4n) is 3.19. The molecular weight excluding hydrogens is 398 g/mol. The van der Waals surface area contributed by atoms with Gasteiger partial charge in [-0.15, -0.1) is 0 Å². The van der Waals surface area contributed by atoms with Gasteiger partial charge in [-0.3, -0.25) is 19.2 Å². The molecule has 170 valence electrons. The lowest BCUT2D eigenvalue weighted by Crippen LogP contribution is -2.56. The molecule has 8 N–H and O–H groups in total. The van der Waals surface area contributed by atoms with E-state index in [0.29, 0.717) is 38.8 Å². The smallest absolute Gasteiger partial charge is 0.326 e. The summed E-state index contributed by atoms with van der Waals surface area (Å²) in [6.45, 7) is 2.22. The van der Waals surface area contributed by atoms with Gasteiger partial charge >= 0.3 is 11.9 Å². The van der Waals surface area contributed by atoms with E-state index in [4.69, 9.17) is 21.7 Å². The van der Waals surface area contributed by atoms with Crippen LogP contribution in [0.25, 0.3) is 0 Å². The highest BCUT2D eigenvalue weighted by atomic mass is 16.4. The Bertz CT molecular complexity index is 657. The van der Waals surface area contributed by atoms with E-state index in [1.54, 1.807) is 0 Å². The highest BCUT2D eigenvalue weighted by Crippen LogP contribution is 2.19. The first-order chi connectivity index (χ1) is 14.1. The van der Waals surface area contributed by atoms with Gasteiger partial charge < -0.3 is 37.2 Å². The highest BCUT2D eigenvalue weighted by molar-refractivity contribution is 5.94. The van der Waals surface area contributed by atoms with Crippen molar-refractivity contribution in [3.05, 3.63) is 0 Å². The number of nitrogens with one attached hydrogen (secondary N) is 2. The largest absolute Gasteiger partial charge is 0.481 e. The zero-order valence-electron chi connectivity index (χ0n) is 17.0. The molecule has 1 saturated heterocycles. The summed E-state index contributed by atoms with van der Waals surface area (Å²) in [5.74, 6) is -4.62. The van der Waals surface area contributed by atoms with E-state index in [9.17, 15) is 24.0 Å². The summed E-state index contributed by atoms with van der Waals surface area (Å²) < 4.78 is 0. The van der Waals surface area contributed by atoms with E-state index in [1.807, 2.05) is 0 Å². The Hall–Kier alpha value is -2.73. The minimum absolute atomic E-state index is 0.339. The van der Waals surface area contributed by atoms with Gasteiger partial charge in [-0.2, -0.15) is 0 Å². The summed E-state index contributed by atoms with van der Waals surface area (Å²) >= 11 is 0. The summed E-state index contributed by atoms with van der Waals surface area (Å²) in [5, 5.41) is 22.3. The fourth-order valence-corrected chi connectivity index (χ4v) is 3.19. The van der Waals surface area contributed by atoms with Crippen molar-refractivity contribution in [2.75, 3.05) is 13.1 Å². The number of hydrogen-bond donors (Lipinski definition) is 6. The molecule has 0 aromatic carbocycles. The molecule has 1 fully saturated rings. The maximum atomic E-state index is 12.6. The lowest BCUT2D eigenvalue weighted by Gasteiger charge is -2.28. The van der Waals surface area contributed by atoms with Crippen LogP contribution in [-0.2, 0) is 24.0 Å². The van der Waals surface area contributed by atoms with Crippen LogP contribution in [0.4, 0.5) is 0 Å². The number of carbonyl (C=O) groups is 5. The average molecular weight is 429 g/mol. The zero-order valence-corrected chi connectivity index (χ0v) is 17.0. The van der Waals surface area contributed by atoms with Crippen LogP contribution in [-0.4, -0.2) is 82.0 Å². The van der Waals surface area contributed by atoms with Crippen molar-refractivity contribution in [3.63, 3.8) is 0 Å². The monoisotopic (exact) mass is 429 g/mol. The molecule has 0 radical (unpaired) electrons. The Morgan fingerprint density at radius 1 is 1.13 bits per heavy atom. The summed E-state index contributed by atoms with van der Waals surface area (Å²) in [6.07, 6.45) is 2.13. The standard InChI is InChI=1S/C18H31N5O7/c1-10(15(26)22-12(18(29)30)9-14(24)25)21-16(27)13-6-4-8-23(13)17(28)11(20)5-2-3-7-19/h10-13H,2-9,19-20H2,1H3,(H,21,27)(H,22,26)(H,24,25)(H,29,30). The number of likely N-dealkylation sites (tertiary alicyclic amines) is 1. The molecule has 1 rings (SSSR count). The molecule has 0 spiro atoms. The summed E-state index contributed by atoms with van der Waals surface area (Å²) in [7, 11) is 0. The molecule has 1 heterocycles. The van der Waals surface area contributed by atoms with Crippen molar-refractivity contribution < 1.29 is 34.2 Å². The normalized spacial score (nSPS) is 18.9. The van der Waals surface area contributed by atoms with Crippen LogP contribution in [0.1, 0.15) is 45.4 Å². The van der Waals surface area contributed by atoms with Crippen molar-refractivity contribution in [1.29, 1.82) is 0 Å². The van der Waals surface area contributed by atoms with Crippen LogP contribution in [0.2, 0.25) is 0 Å². The second-order valence-corrected chi connectivity index (χ2v) is 7.31. The van der Waals surface area contributed by atoms with Gasteiger partial charge in [0.25, 0.3) is 0 Å². The lowest BCUT2D eigenvalue weighted by atomic mass is 10.1. The van der Waals surface area contributed by atoms with Gasteiger partial charge in [0.05, 0.1) is 12.5 Å². The third kappa shape index (κ3) is 7.59. The predicted molar refractivity (Wildman–Crippen MR) is 105 cm³/mol. The number of amides is 3. The van der Waals surface area contributed by atoms with Gasteiger partial charge in [0, 0.05) is 6.54 Å². The van der Waals surface area contributed by atoms with Gasteiger partial charge in [-0.25, -0.2) is 4.79 Å². The van der Waals surface area contributed by atoms with Gasteiger partial charge in [-0.05, 0) is 39.2 Å². The molecule has 12 heteroatoms. The number of aliphatic carboxylic acids is 2. The molecule has 4 unspecified atom stereocenters. The molecule has 3 amide bonds. The number of unbranched alkanes of at least 4 members (excludes halogenated alkanes) is 1. The molecule has 12 nitrogen and oxygen atoms in total. The number of carbonyl (C=O) groups excluding carboxylic acids is 3. The second kappa shape index (κ2) is 12.1. The van der Waals surface area contributed by atoms with Crippen molar-refractivity contribution in [2.45, 2.75) is 69.6 Å². The van der Waals surface area contributed by atoms with E-state index in [-0.39, 0.29) is 5.91 Å². The minimum Gasteiger partial charge on any atom is -0.481 e. The van der Waals surface area contributed by atoms with Crippen LogP contribution in [0, 0.1) is 0 Å². The highest BCUT2D eigenvalue weighted by Gasteiger charge is 2.37. The first kappa shape index (κ1) is 25.3. The quantitative estimate of drug-likeness (QED) is 0.189. The Labute approximate surface area is 174 Å². The first-order valence-corrected chi connectivity index (χ1v) is 9.90. The predicted octanol–water partition coefficient (Wildman–Crippen LogP) is -2.02. The second-order valence-electron chi connectivity index (χ2n) is 7.31. The van der Waals surface area contributed by atoms with Crippen LogP contribution in [0.3, 0.4) is 0 Å². The number of nitrogens with zero attached hydrogens (tertiary/aromatic N) is 1. The van der Waals surface area contributed by atoms with Crippen molar-refractivity contribution in [3.8, 4) is 0 Å². The molecular formula is C18H31N5O7. The van der Waals surface area contributed by atoms with Crippen LogP contribution < -0.4 is 22.1 Å². The van der Waals surface area contributed by atoms with Gasteiger partial charge in [0.1, 0.15) is 18.1 Å². The van der Waals surface area contributed by atoms with E-state index in [0.717, 1.165) is 6.42 Å². The molecule has 1 aliphatic heterocycles. The molecule has 0 saturated carbocycles. The van der Waals surface area contributed by atoms with E-state index < -0.39 is 54.3 Å². The van der Waals surface area contributed by atoms with Crippen molar-refractivity contribution in [2.24, 2.45) is 11.5 Å². The minimum atomic E-state index is -1.62. The number of carboxylic acid groups (broad SMARTS) is 2. The van der Waals surface area contributed by atoms with Gasteiger partial charge in [0.15, 0.2) is 0 Å². The molecule has 0 bridgehead atoms. The van der Waals surface area contributed by atoms with Crippen LogP contribution in [0.5, 0.6) is 0 Å². The van der Waals surface area contributed by atoms with E-state index >= 15 is 0 Å². The van der Waals surface area contributed by atoms with E-state index in [1.165, 1.54) is 11.8 Å². The van der Waals surface area contributed by atoms with Crippen molar-refractivity contribution in [1.82, 2.24) is 15.5 Å². The van der Waals surface area contributed by atoms with E-state index in [2.05, 4.69) is 10.6 Å². The number of hydrogen-bond acceptors (Lipinski definition) is 7. The molecule has 4 atom stereocenters. The molecule has 1 aliphatic rings. The molecule has 0 aromatic rings. The first-order valence-electron chi connectivity index (χ1n) is 9.90. The summed E-state index contributed by atoms with van der Waals surface area (Å²) in [5.41, 5.74) is 11.4. The number of rotatable bonds is 12. The SMILES string of the molecule is CC(NC(=O)C1CCCN1C(=O)C(N)CCCCN)C(=O)NC(CC(=O)O)C(=O)O. The molecule has 0 aromatic heterocycles. The Kier molecular flexibility index (Phi) is 10.2. The Balaban J connectivity index is 2.66. The Morgan fingerprint density at radius 3 is 2.37 bits per heavy atom. The number of carboxylic acids is 2. The maximum absolute atomic E-state index is 12.6. The van der Waals surface area contributed by atoms with Crippen molar-refractivity contribution >= 4 is 29.7 Å².